The lowest BCUT2D eigenvalue weighted by atomic mass is 9.93. The Morgan fingerprint density at radius 3 is 2.89 bits per heavy atom. The maximum Gasteiger partial charge on any atom is 0.324 e. The van der Waals surface area contributed by atoms with Crippen molar-refractivity contribution in [3.05, 3.63) is 21.9 Å². The van der Waals surface area contributed by atoms with Crippen molar-refractivity contribution in [3.8, 4) is 0 Å². The molecule has 2 aliphatic rings. The normalized spacial score (nSPS) is 20.4. The lowest BCUT2D eigenvalue weighted by Gasteiger charge is -2.31. The average Bonchev–Trinajstić information content (AvgIpc) is 3.28. The Balaban J connectivity index is 1.41. The Labute approximate surface area is 162 Å². The summed E-state index contributed by atoms with van der Waals surface area (Å²) < 4.78 is 7.77. The molecule has 9 heteroatoms. The number of carbonyl (C=O) groups is 1. The van der Waals surface area contributed by atoms with E-state index in [0.717, 1.165) is 42.3 Å². The molecule has 2 aromatic rings. The predicted octanol–water partition coefficient (Wildman–Crippen LogP) is 2.97. The van der Waals surface area contributed by atoms with E-state index in [1.54, 1.807) is 16.2 Å². The predicted molar refractivity (Wildman–Crippen MR) is 103 cm³/mol. The van der Waals surface area contributed by atoms with Crippen LogP contribution in [0.3, 0.4) is 0 Å². The van der Waals surface area contributed by atoms with Crippen LogP contribution in [0.5, 0.6) is 0 Å². The second-order valence-corrected chi connectivity index (χ2v) is 8.98. The standard InChI is InChI=1S/C18H26N6O2S/c1-18(2,3)13-11-27-15(19-13)12-10-23(8-9-26-12)17(25)21-16-20-14-6-4-5-7-24(14)22-16/h11-12H,4-10H2,1-3H3,(H,21,22,25). The Bertz CT molecular complexity index is 801. The van der Waals surface area contributed by atoms with Crippen LogP contribution in [0.2, 0.25) is 0 Å². The van der Waals surface area contributed by atoms with E-state index in [2.05, 4.69) is 41.6 Å². The van der Waals surface area contributed by atoms with Gasteiger partial charge in [-0.2, -0.15) is 4.98 Å². The number of urea groups is 1. The second kappa shape index (κ2) is 7.20. The van der Waals surface area contributed by atoms with Gasteiger partial charge in [-0.1, -0.05) is 20.8 Å². The quantitative estimate of drug-likeness (QED) is 0.852. The molecule has 0 spiro atoms. The van der Waals surface area contributed by atoms with Gasteiger partial charge in [0, 0.05) is 30.3 Å². The summed E-state index contributed by atoms with van der Waals surface area (Å²) in [7, 11) is 0. The maximum atomic E-state index is 12.7. The molecule has 0 radical (unpaired) electrons. The van der Waals surface area contributed by atoms with Gasteiger partial charge in [0.1, 0.15) is 16.9 Å². The third kappa shape index (κ3) is 3.98. The van der Waals surface area contributed by atoms with E-state index in [9.17, 15) is 4.79 Å². The number of hydrogen-bond acceptors (Lipinski definition) is 6. The van der Waals surface area contributed by atoms with E-state index >= 15 is 0 Å². The average molecular weight is 391 g/mol. The fourth-order valence-electron chi connectivity index (χ4n) is 3.27. The lowest BCUT2D eigenvalue weighted by molar-refractivity contribution is -0.0137. The number of amides is 2. The van der Waals surface area contributed by atoms with Gasteiger partial charge >= 0.3 is 6.03 Å². The van der Waals surface area contributed by atoms with E-state index in [1.807, 2.05) is 4.68 Å². The summed E-state index contributed by atoms with van der Waals surface area (Å²) in [6.07, 6.45) is 2.97. The first-order chi connectivity index (χ1) is 12.9. The summed E-state index contributed by atoms with van der Waals surface area (Å²) in [5.74, 6) is 1.35. The van der Waals surface area contributed by atoms with E-state index in [1.165, 1.54) is 0 Å². The number of carbonyl (C=O) groups excluding carboxylic acids is 1. The first-order valence-electron chi connectivity index (χ1n) is 9.47. The second-order valence-electron chi connectivity index (χ2n) is 8.09. The summed E-state index contributed by atoms with van der Waals surface area (Å²) in [5, 5.41) is 10.2. The molecule has 0 aromatic carbocycles. The maximum absolute atomic E-state index is 12.7. The molecule has 1 saturated heterocycles. The molecule has 27 heavy (non-hydrogen) atoms. The first-order valence-corrected chi connectivity index (χ1v) is 10.4. The van der Waals surface area contributed by atoms with Crippen molar-refractivity contribution in [1.82, 2.24) is 24.6 Å². The summed E-state index contributed by atoms with van der Waals surface area (Å²) in [4.78, 5) is 23.6. The number of nitrogens with one attached hydrogen (secondary N) is 1. The summed E-state index contributed by atoms with van der Waals surface area (Å²) in [6.45, 7) is 8.83. The molecule has 1 atom stereocenters. The third-order valence-electron chi connectivity index (χ3n) is 4.91. The molecule has 1 N–H and O–H groups in total. The Kier molecular flexibility index (Phi) is 4.90. The zero-order chi connectivity index (χ0) is 19.0. The number of ether oxygens (including phenoxy) is 1. The van der Waals surface area contributed by atoms with Crippen LogP contribution < -0.4 is 5.32 Å². The highest BCUT2D eigenvalue weighted by Crippen LogP contribution is 2.30. The molecule has 2 aromatic heterocycles. The van der Waals surface area contributed by atoms with Gasteiger partial charge in [-0.15, -0.1) is 16.4 Å². The molecule has 2 amide bonds. The van der Waals surface area contributed by atoms with Crippen molar-refractivity contribution in [3.63, 3.8) is 0 Å². The Morgan fingerprint density at radius 2 is 2.15 bits per heavy atom. The van der Waals surface area contributed by atoms with Crippen LogP contribution in [-0.2, 0) is 23.1 Å². The minimum absolute atomic E-state index is 0.00633. The number of morpholine rings is 1. The van der Waals surface area contributed by atoms with Crippen molar-refractivity contribution < 1.29 is 9.53 Å². The largest absolute Gasteiger partial charge is 0.367 e. The van der Waals surface area contributed by atoms with Gasteiger partial charge in [0.2, 0.25) is 5.95 Å². The molecule has 4 rings (SSSR count). The van der Waals surface area contributed by atoms with Gasteiger partial charge in [0.25, 0.3) is 0 Å². The van der Waals surface area contributed by atoms with Gasteiger partial charge in [0.15, 0.2) is 0 Å². The Hall–Kier alpha value is -2.00. The highest BCUT2D eigenvalue weighted by atomic mass is 32.1. The monoisotopic (exact) mass is 390 g/mol. The molecule has 1 fully saturated rings. The minimum Gasteiger partial charge on any atom is -0.367 e. The molecule has 0 bridgehead atoms. The summed E-state index contributed by atoms with van der Waals surface area (Å²) in [5.41, 5.74) is 1.06. The smallest absolute Gasteiger partial charge is 0.324 e. The molecule has 0 aliphatic carbocycles. The highest BCUT2D eigenvalue weighted by Gasteiger charge is 2.29. The van der Waals surface area contributed by atoms with Crippen LogP contribution in [0.4, 0.5) is 10.7 Å². The number of rotatable bonds is 2. The van der Waals surface area contributed by atoms with Crippen LogP contribution in [0.1, 0.15) is 56.2 Å². The van der Waals surface area contributed by atoms with Gasteiger partial charge in [0.05, 0.1) is 18.8 Å². The van der Waals surface area contributed by atoms with E-state index in [0.29, 0.717) is 25.6 Å². The number of nitrogens with zero attached hydrogens (tertiary/aromatic N) is 5. The van der Waals surface area contributed by atoms with Gasteiger partial charge in [-0.3, -0.25) is 5.32 Å². The molecular weight excluding hydrogens is 364 g/mol. The van der Waals surface area contributed by atoms with E-state index in [4.69, 9.17) is 9.72 Å². The SMILES string of the molecule is CC(C)(C)c1csc(C2CN(C(=O)Nc3nc4n(n3)CCCC4)CCO2)n1. The molecule has 0 saturated carbocycles. The van der Waals surface area contributed by atoms with Gasteiger partial charge in [-0.25, -0.2) is 14.5 Å². The molecular formula is C18H26N6O2S. The van der Waals surface area contributed by atoms with Crippen molar-refractivity contribution in [2.24, 2.45) is 0 Å². The Morgan fingerprint density at radius 1 is 1.30 bits per heavy atom. The number of aromatic nitrogens is 4. The van der Waals surface area contributed by atoms with Gasteiger partial charge in [-0.05, 0) is 12.8 Å². The lowest BCUT2D eigenvalue weighted by Crippen LogP contribution is -2.44. The summed E-state index contributed by atoms with van der Waals surface area (Å²) in [6, 6.07) is -0.182. The zero-order valence-corrected chi connectivity index (χ0v) is 16.9. The van der Waals surface area contributed by atoms with Crippen LogP contribution in [0.15, 0.2) is 5.38 Å². The highest BCUT2D eigenvalue weighted by molar-refractivity contribution is 7.09. The number of hydrogen-bond donors (Lipinski definition) is 1. The number of fused-ring (bicyclic) bond motifs is 1. The van der Waals surface area contributed by atoms with Crippen molar-refractivity contribution in [2.45, 2.75) is 58.1 Å². The summed E-state index contributed by atoms with van der Waals surface area (Å²) >= 11 is 1.60. The van der Waals surface area contributed by atoms with E-state index < -0.39 is 0 Å². The third-order valence-corrected chi connectivity index (χ3v) is 5.84. The minimum atomic E-state index is -0.186. The number of aryl methyl sites for hydroxylation is 2. The van der Waals surface area contributed by atoms with E-state index in [-0.39, 0.29) is 17.6 Å². The molecule has 1 unspecified atom stereocenters. The topological polar surface area (TPSA) is 85.2 Å². The van der Waals surface area contributed by atoms with Gasteiger partial charge < -0.3 is 9.64 Å². The van der Waals surface area contributed by atoms with Crippen LogP contribution in [0.25, 0.3) is 0 Å². The number of anilines is 1. The number of thiazole rings is 1. The van der Waals surface area contributed by atoms with Crippen LogP contribution in [0, 0.1) is 0 Å². The first kappa shape index (κ1) is 18.4. The molecule has 146 valence electrons. The molecule has 2 aliphatic heterocycles. The van der Waals surface area contributed by atoms with Crippen molar-refractivity contribution in [2.75, 3.05) is 25.0 Å². The molecule has 8 nitrogen and oxygen atoms in total. The van der Waals surface area contributed by atoms with Crippen molar-refractivity contribution >= 4 is 23.3 Å². The van der Waals surface area contributed by atoms with Crippen LogP contribution in [-0.4, -0.2) is 50.4 Å². The zero-order valence-electron chi connectivity index (χ0n) is 16.1. The fraction of sp³-hybridized carbons (Fsp3) is 0.667. The van der Waals surface area contributed by atoms with Crippen LogP contribution >= 0.6 is 11.3 Å². The fourth-order valence-corrected chi connectivity index (χ4v) is 4.36. The molecule has 4 heterocycles. The van der Waals surface area contributed by atoms with Crippen molar-refractivity contribution in [1.29, 1.82) is 0 Å².